The van der Waals surface area contributed by atoms with E-state index in [-0.39, 0.29) is 5.91 Å². The average molecular weight is 377 g/mol. The van der Waals surface area contributed by atoms with Gasteiger partial charge in [-0.25, -0.2) is 4.98 Å². The van der Waals surface area contributed by atoms with Crippen molar-refractivity contribution >= 4 is 43.6 Å². The lowest BCUT2D eigenvalue weighted by Crippen LogP contribution is -2.62. The number of hydrogen-bond donors (Lipinski definition) is 0. The fourth-order valence-corrected chi connectivity index (χ4v) is 3.39. The molecular formula is C12H15Br2N3O. The number of aromatic nitrogens is 1. The van der Waals surface area contributed by atoms with E-state index in [2.05, 4.69) is 36.8 Å². The van der Waals surface area contributed by atoms with Gasteiger partial charge in [0.15, 0.2) is 0 Å². The zero-order valence-corrected chi connectivity index (χ0v) is 13.7. The molecule has 1 fully saturated rings. The minimum atomic E-state index is -0.573. The van der Waals surface area contributed by atoms with Gasteiger partial charge in [0, 0.05) is 30.8 Å². The van der Waals surface area contributed by atoms with Gasteiger partial charge in [0.1, 0.15) is 11.4 Å². The van der Waals surface area contributed by atoms with E-state index in [1.54, 1.807) is 11.1 Å². The third kappa shape index (κ3) is 2.28. The summed E-state index contributed by atoms with van der Waals surface area (Å²) in [7, 11) is 1.84. The average Bonchev–Trinajstić information content (AvgIpc) is 2.28. The molecule has 6 heteroatoms. The maximum absolute atomic E-state index is 12.2. The molecule has 0 bridgehead atoms. The summed E-state index contributed by atoms with van der Waals surface area (Å²) in [5.41, 5.74) is -0.573. The lowest BCUT2D eigenvalue weighted by atomic mass is 9.98. The smallest absolute Gasteiger partial charge is 0.247 e. The summed E-state index contributed by atoms with van der Waals surface area (Å²) in [4.78, 5) is 20.5. The van der Waals surface area contributed by atoms with E-state index < -0.39 is 5.54 Å². The standard InChI is InChI=1S/C12H15Br2N3O/c1-12(2)11(18)16(3)4-5-17(12)10-9(14)6-8(13)7-15-10/h6-7H,4-5H2,1-3H3. The normalized spacial score (nSPS) is 19.3. The molecule has 18 heavy (non-hydrogen) atoms. The predicted octanol–water partition coefficient (Wildman–Crippen LogP) is 2.66. The van der Waals surface area contributed by atoms with Crippen molar-refractivity contribution in [3.8, 4) is 0 Å². The summed E-state index contributed by atoms with van der Waals surface area (Å²) in [5.74, 6) is 0.926. The first-order valence-electron chi connectivity index (χ1n) is 5.68. The predicted molar refractivity (Wildman–Crippen MR) is 78.7 cm³/mol. The number of nitrogens with zero attached hydrogens (tertiary/aromatic N) is 3. The number of anilines is 1. The van der Waals surface area contributed by atoms with Crippen LogP contribution in [0.25, 0.3) is 0 Å². The first-order chi connectivity index (χ1) is 8.34. The van der Waals surface area contributed by atoms with Crippen LogP contribution in [0.15, 0.2) is 21.2 Å². The molecule has 1 saturated heterocycles. The number of likely N-dealkylation sites (N-methyl/N-ethyl adjacent to an activating group) is 1. The quantitative estimate of drug-likeness (QED) is 0.755. The van der Waals surface area contributed by atoms with Gasteiger partial charge in [-0.1, -0.05) is 0 Å². The van der Waals surface area contributed by atoms with E-state index in [0.717, 1.165) is 21.3 Å². The number of carbonyl (C=O) groups is 1. The second-order valence-corrected chi connectivity index (χ2v) is 6.67. The summed E-state index contributed by atoms with van der Waals surface area (Å²) in [6.07, 6.45) is 1.75. The fourth-order valence-electron chi connectivity index (χ4n) is 2.19. The molecule has 1 aliphatic rings. The highest BCUT2D eigenvalue weighted by Crippen LogP contribution is 2.33. The number of rotatable bonds is 1. The van der Waals surface area contributed by atoms with Crippen LogP contribution in [-0.2, 0) is 4.79 Å². The minimum Gasteiger partial charge on any atom is -0.342 e. The molecule has 2 rings (SSSR count). The first-order valence-corrected chi connectivity index (χ1v) is 7.27. The zero-order valence-electron chi connectivity index (χ0n) is 10.6. The van der Waals surface area contributed by atoms with Crippen LogP contribution in [0.5, 0.6) is 0 Å². The first kappa shape index (κ1) is 13.8. The Morgan fingerprint density at radius 3 is 2.61 bits per heavy atom. The molecule has 4 nitrogen and oxygen atoms in total. The summed E-state index contributed by atoms with van der Waals surface area (Å²) < 4.78 is 1.80. The largest absolute Gasteiger partial charge is 0.342 e. The Hall–Kier alpha value is -0.620. The second-order valence-electron chi connectivity index (χ2n) is 4.90. The van der Waals surface area contributed by atoms with Crippen molar-refractivity contribution in [3.05, 3.63) is 21.2 Å². The number of piperazine rings is 1. The maximum Gasteiger partial charge on any atom is 0.247 e. The van der Waals surface area contributed by atoms with Crippen molar-refractivity contribution < 1.29 is 4.79 Å². The Labute approximate surface area is 124 Å². The zero-order chi connectivity index (χ0) is 13.5. The van der Waals surface area contributed by atoms with E-state index in [0.29, 0.717) is 6.54 Å². The van der Waals surface area contributed by atoms with Crippen molar-refractivity contribution in [1.82, 2.24) is 9.88 Å². The Balaban J connectivity index is 2.41. The number of pyridine rings is 1. The maximum atomic E-state index is 12.2. The van der Waals surface area contributed by atoms with E-state index in [1.807, 2.05) is 31.9 Å². The molecule has 1 aliphatic heterocycles. The van der Waals surface area contributed by atoms with Gasteiger partial charge in [-0.15, -0.1) is 0 Å². The van der Waals surface area contributed by atoms with Gasteiger partial charge in [-0.2, -0.15) is 0 Å². The Morgan fingerprint density at radius 2 is 2.00 bits per heavy atom. The summed E-state index contributed by atoms with van der Waals surface area (Å²) in [5, 5.41) is 0. The number of amides is 1. The van der Waals surface area contributed by atoms with Gasteiger partial charge in [-0.05, 0) is 51.8 Å². The molecule has 1 aromatic heterocycles. The highest BCUT2D eigenvalue weighted by molar-refractivity contribution is 9.11. The molecule has 1 aromatic rings. The highest BCUT2D eigenvalue weighted by Gasteiger charge is 2.41. The molecule has 0 saturated carbocycles. The van der Waals surface area contributed by atoms with E-state index >= 15 is 0 Å². The molecule has 2 heterocycles. The summed E-state index contributed by atoms with van der Waals surface area (Å²) >= 11 is 6.89. The monoisotopic (exact) mass is 375 g/mol. The van der Waals surface area contributed by atoms with Crippen molar-refractivity contribution in [3.63, 3.8) is 0 Å². The van der Waals surface area contributed by atoms with Crippen molar-refractivity contribution in [1.29, 1.82) is 0 Å². The molecule has 0 radical (unpaired) electrons. The Bertz CT molecular complexity index is 490. The van der Waals surface area contributed by atoms with Gasteiger partial charge < -0.3 is 9.80 Å². The number of carbonyl (C=O) groups excluding carboxylic acids is 1. The van der Waals surface area contributed by atoms with Crippen LogP contribution in [0, 0.1) is 0 Å². The summed E-state index contributed by atoms with van der Waals surface area (Å²) in [6.45, 7) is 5.36. The lowest BCUT2D eigenvalue weighted by Gasteiger charge is -2.45. The van der Waals surface area contributed by atoms with Crippen LogP contribution in [0.4, 0.5) is 5.82 Å². The van der Waals surface area contributed by atoms with Crippen LogP contribution in [-0.4, -0.2) is 41.5 Å². The second kappa shape index (κ2) is 4.81. The molecule has 1 amide bonds. The molecule has 0 aromatic carbocycles. The molecule has 98 valence electrons. The van der Waals surface area contributed by atoms with Gasteiger partial charge in [0.2, 0.25) is 5.91 Å². The molecule has 0 atom stereocenters. The van der Waals surface area contributed by atoms with E-state index in [9.17, 15) is 4.79 Å². The lowest BCUT2D eigenvalue weighted by molar-refractivity contribution is -0.136. The van der Waals surface area contributed by atoms with Crippen LogP contribution in [0.1, 0.15) is 13.8 Å². The topological polar surface area (TPSA) is 36.4 Å². The van der Waals surface area contributed by atoms with Crippen LogP contribution >= 0.6 is 31.9 Å². The molecular weight excluding hydrogens is 362 g/mol. The third-order valence-electron chi connectivity index (χ3n) is 3.25. The Morgan fingerprint density at radius 1 is 1.33 bits per heavy atom. The van der Waals surface area contributed by atoms with Crippen LogP contribution < -0.4 is 4.90 Å². The Kier molecular flexibility index (Phi) is 3.69. The van der Waals surface area contributed by atoms with E-state index in [4.69, 9.17) is 0 Å². The number of halogens is 2. The minimum absolute atomic E-state index is 0.116. The van der Waals surface area contributed by atoms with E-state index in [1.165, 1.54) is 0 Å². The molecule has 0 spiro atoms. The van der Waals surface area contributed by atoms with Crippen LogP contribution in [0.2, 0.25) is 0 Å². The van der Waals surface area contributed by atoms with Crippen molar-refractivity contribution in [2.45, 2.75) is 19.4 Å². The van der Waals surface area contributed by atoms with Crippen LogP contribution in [0.3, 0.4) is 0 Å². The highest BCUT2D eigenvalue weighted by atomic mass is 79.9. The summed E-state index contributed by atoms with van der Waals surface area (Å²) in [6, 6.07) is 1.95. The van der Waals surface area contributed by atoms with Crippen molar-refractivity contribution in [2.24, 2.45) is 0 Å². The number of hydrogen-bond acceptors (Lipinski definition) is 3. The van der Waals surface area contributed by atoms with Crippen molar-refractivity contribution in [2.75, 3.05) is 25.0 Å². The van der Waals surface area contributed by atoms with Gasteiger partial charge in [0.05, 0.1) is 4.47 Å². The molecule has 0 aliphatic carbocycles. The SMILES string of the molecule is CN1CCN(c2ncc(Br)cc2Br)C(C)(C)C1=O. The third-order valence-corrected chi connectivity index (χ3v) is 4.27. The fraction of sp³-hybridized carbons (Fsp3) is 0.500. The van der Waals surface area contributed by atoms with Gasteiger partial charge in [-0.3, -0.25) is 4.79 Å². The molecule has 0 unspecified atom stereocenters. The van der Waals surface area contributed by atoms with Gasteiger partial charge >= 0.3 is 0 Å². The van der Waals surface area contributed by atoms with Gasteiger partial charge in [0.25, 0.3) is 0 Å². The molecule has 0 N–H and O–H groups in total.